The Hall–Kier alpha value is -0.330. The second kappa shape index (κ2) is 18.0. The topological polar surface area (TPSA) is 17.1 Å². The van der Waals surface area contributed by atoms with E-state index in [2.05, 4.69) is 20.8 Å². The van der Waals surface area contributed by atoms with Crippen LogP contribution in [0.2, 0.25) is 0 Å². The van der Waals surface area contributed by atoms with Crippen LogP contribution in [0.15, 0.2) is 0 Å². The first-order valence-electron chi connectivity index (χ1n) is 10.8. The average Bonchev–Trinajstić information content (AvgIpc) is 2.56. The number of rotatable bonds is 18. The third-order valence-corrected chi connectivity index (χ3v) is 5.04. The fourth-order valence-corrected chi connectivity index (χ4v) is 3.36. The molecule has 0 rings (SSSR count). The van der Waals surface area contributed by atoms with Crippen molar-refractivity contribution < 1.29 is 4.79 Å². The predicted molar refractivity (Wildman–Crippen MR) is 104 cm³/mol. The Morgan fingerprint density at radius 2 is 0.957 bits per heavy atom. The zero-order valence-corrected chi connectivity index (χ0v) is 16.5. The van der Waals surface area contributed by atoms with Gasteiger partial charge < -0.3 is 0 Å². The van der Waals surface area contributed by atoms with Crippen LogP contribution in [0.5, 0.6) is 0 Å². The lowest BCUT2D eigenvalue weighted by molar-refractivity contribution is -0.123. The van der Waals surface area contributed by atoms with E-state index >= 15 is 0 Å². The van der Waals surface area contributed by atoms with Crippen LogP contribution in [0, 0.1) is 5.92 Å². The first-order valence-corrected chi connectivity index (χ1v) is 10.8. The van der Waals surface area contributed by atoms with Crippen molar-refractivity contribution in [3.05, 3.63) is 0 Å². The highest BCUT2D eigenvalue weighted by Crippen LogP contribution is 2.22. The van der Waals surface area contributed by atoms with Crippen molar-refractivity contribution in [3.8, 4) is 0 Å². The number of carbonyl (C=O) groups is 1. The molecule has 0 aliphatic rings. The van der Waals surface area contributed by atoms with Gasteiger partial charge in [0.1, 0.15) is 5.78 Å². The highest BCUT2D eigenvalue weighted by atomic mass is 16.1. The van der Waals surface area contributed by atoms with E-state index in [0.29, 0.717) is 11.7 Å². The van der Waals surface area contributed by atoms with Gasteiger partial charge in [0.15, 0.2) is 0 Å². The molecule has 0 spiro atoms. The van der Waals surface area contributed by atoms with Crippen LogP contribution in [-0.4, -0.2) is 5.78 Å². The minimum atomic E-state index is 0.374. The van der Waals surface area contributed by atoms with Gasteiger partial charge in [0, 0.05) is 12.3 Å². The van der Waals surface area contributed by atoms with Crippen molar-refractivity contribution in [1.29, 1.82) is 0 Å². The van der Waals surface area contributed by atoms with Crippen molar-refractivity contribution in [3.63, 3.8) is 0 Å². The molecule has 0 aromatic carbocycles. The summed E-state index contributed by atoms with van der Waals surface area (Å²) in [5, 5.41) is 0. The van der Waals surface area contributed by atoms with Crippen LogP contribution in [0.4, 0.5) is 0 Å². The SMILES string of the molecule is CCCCCCCCC(CCCCCCCC)C(=O)CCCC. The summed E-state index contributed by atoms with van der Waals surface area (Å²) in [6, 6.07) is 0. The Balaban J connectivity index is 3.91. The molecule has 23 heavy (non-hydrogen) atoms. The summed E-state index contributed by atoms with van der Waals surface area (Å²) in [5.74, 6) is 0.938. The average molecular weight is 325 g/mol. The maximum absolute atomic E-state index is 12.4. The molecular weight excluding hydrogens is 280 g/mol. The van der Waals surface area contributed by atoms with Gasteiger partial charge in [0.05, 0.1) is 0 Å². The Morgan fingerprint density at radius 3 is 1.39 bits per heavy atom. The van der Waals surface area contributed by atoms with Crippen LogP contribution >= 0.6 is 0 Å². The number of ketones is 1. The molecule has 0 aliphatic carbocycles. The van der Waals surface area contributed by atoms with Crippen LogP contribution in [-0.2, 0) is 4.79 Å². The Labute approximate surface area is 147 Å². The smallest absolute Gasteiger partial charge is 0.135 e. The van der Waals surface area contributed by atoms with Crippen LogP contribution in [0.3, 0.4) is 0 Å². The summed E-state index contributed by atoms with van der Waals surface area (Å²) in [6.07, 6.45) is 21.4. The molecule has 0 aliphatic heterocycles. The second-order valence-corrected chi connectivity index (χ2v) is 7.38. The fraction of sp³-hybridized carbons (Fsp3) is 0.955. The van der Waals surface area contributed by atoms with Crippen molar-refractivity contribution >= 4 is 5.78 Å². The molecule has 1 nitrogen and oxygen atoms in total. The van der Waals surface area contributed by atoms with Gasteiger partial charge in [-0.05, 0) is 19.3 Å². The molecule has 0 heterocycles. The van der Waals surface area contributed by atoms with Gasteiger partial charge in [-0.3, -0.25) is 4.79 Å². The summed E-state index contributed by atoms with van der Waals surface area (Å²) >= 11 is 0. The summed E-state index contributed by atoms with van der Waals surface area (Å²) in [5.41, 5.74) is 0. The summed E-state index contributed by atoms with van der Waals surface area (Å²) < 4.78 is 0. The summed E-state index contributed by atoms with van der Waals surface area (Å²) in [4.78, 5) is 12.4. The molecule has 0 saturated heterocycles. The molecule has 0 aromatic rings. The molecule has 138 valence electrons. The lowest BCUT2D eigenvalue weighted by Crippen LogP contribution is -2.14. The van der Waals surface area contributed by atoms with E-state index in [-0.39, 0.29) is 0 Å². The van der Waals surface area contributed by atoms with E-state index < -0.39 is 0 Å². The van der Waals surface area contributed by atoms with Crippen LogP contribution in [0.1, 0.15) is 130 Å². The van der Waals surface area contributed by atoms with Crippen molar-refractivity contribution in [1.82, 2.24) is 0 Å². The maximum atomic E-state index is 12.4. The molecule has 0 radical (unpaired) electrons. The minimum absolute atomic E-state index is 0.374. The zero-order valence-electron chi connectivity index (χ0n) is 16.5. The lowest BCUT2D eigenvalue weighted by atomic mass is 9.88. The summed E-state index contributed by atoms with van der Waals surface area (Å²) in [7, 11) is 0. The summed E-state index contributed by atoms with van der Waals surface area (Å²) in [6.45, 7) is 6.72. The van der Waals surface area contributed by atoms with Gasteiger partial charge in [-0.1, -0.05) is 104 Å². The van der Waals surface area contributed by atoms with Gasteiger partial charge in [-0.2, -0.15) is 0 Å². The highest BCUT2D eigenvalue weighted by molar-refractivity contribution is 5.80. The molecule has 0 atom stereocenters. The Kier molecular flexibility index (Phi) is 17.8. The van der Waals surface area contributed by atoms with E-state index in [0.717, 1.165) is 32.1 Å². The third-order valence-electron chi connectivity index (χ3n) is 5.04. The molecule has 0 aromatic heterocycles. The van der Waals surface area contributed by atoms with E-state index in [1.165, 1.54) is 77.0 Å². The molecule has 0 bridgehead atoms. The van der Waals surface area contributed by atoms with Crippen LogP contribution in [0.25, 0.3) is 0 Å². The molecule has 0 N–H and O–H groups in total. The third kappa shape index (κ3) is 15.0. The molecule has 0 saturated carbocycles. The normalized spacial score (nSPS) is 11.3. The van der Waals surface area contributed by atoms with Gasteiger partial charge >= 0.3 is 0 Å². The number of Topliss-reactive ketones (excluding diaryl/α,β-unsaturated/α-hetero) is 1. The van der Waals surface area contributed by atoms with Crippen molar-refractivity contribution in [2.75, 3.05) is 0 Å². The molecule has 0 unspecified atom stereocenters. The first kappa shape index (κ1) is 22.7. The molecule has 0 amide bonds. The first-order chi connectivity index (χ1) is 11.3. The van der Waals surface area contributed by atoms with E-state index in [1.807, 2.05) is 0 Å². The van der Waals surface area contributed by atoms with Crippen molar-refractivity contribution in [2.24, 2.45) is 5.92 Å². The number of carbonyl (C=O) groups excluding carboxylic acids is 1. The second-order valence-electron chi connectivity index (χ2n) is 7.38. The van der Waals surface area contributed by atoms with E-state index in [4.69, 9.17) is 0 Å². The van der Waals surface area contributed by atoms with E-state index in [9.17, 15) is 4.79 Å². The van der Waals surface area contributed by atoms with E-state index in [1.54, 1.807) is 0 Å². The number of hydrogen-bond donors (Lipinski definition) is 0. The van der Waals surface area contributed by atoms with Gasteiger partial charge in [-0.25, -0.2) is 0 Å². The van der Waals surface area contributed by atoms with Crippen molar-refractivity contribution in [2.45, 2.75) is 130 Å². The Morgan fingerprint density at radius 1 is 0.565 bits per heavy atom. The fourth-order valence-electron chi connectivity index (χ4n) is 3.36. The van der Waals surface area contributed by atoms with Gasteiger partial charge in [0.2, 0.25) is 0 Å². The van der Waals surface area contributed by atoms with Gasteiger partial charge in [0.25, 0.3) is 0 Å². The lowest BCUT2D eigenvalue weighted by Gasteiger charge is -2.16. The zero-order chi connectivity index (χ0) is 17.2. The monoisotopic (exact) mass is 324 g/mol. The number of hydrogen-bond acceptors (Lipinski definition) is 1. The molecule has 1 heteroatoms. The molecule has 0 fully saturated rings. The standard InChI is InChI=1S/C22H44O/c1-4-7-10-12-14-16-18-21(22(23)20-9-6-3)19-17-15-13-11-8-5-2/h21H,4-20H2,1-3H3. The Bertz CT molecular complexity index is 230. The largest absolute Gasteiger partial charge is 0.299 e. The predicted octanol–water partition coefficient (Wildman–Crippen LogP) is 7.86. The number of unbranched alkanes of at least 4 members (excludes halogenated alkanes) is 11. The maximum Gasteiger partial charge on any atom is 0.135 e. The van der Waals surface area contributed by atoms with Gasteiger partial charge in [-0.15, -0.1) is 0 Å². The van der Waals surface area contributed by atoms with Crippen LogP contribution < -0.4 is 0 Å². The molecular formula is C22H44O. The quantitative estimate of drug-likeness (QED) is 0.234. The highest BCUT2D eigenvalue weighted by Gasteiger charge is 2.16. The minimum Gasteiger partial charge on any atom is -0.299 e.